The maximum atomic E-state index is 13.1. The van der Waals surface area contributed by atoms with Gasteiger partial charge < -0.3 is 21.4 Å². The molecule has 2 aliphatic rings. The number of aromatic amines is 1. The Labute approximate surface area is 209 Å². The topological polar surface area (TPSA) is 204 Å². The molecule has 0 radical (unpaired) electrons. The number of amides is 2. The number of rotatable bonds is 5. The number of ketones is 1. The lowest BCUT2D eigenvalue weighted by Gasteiger charge is -2.38. The smallest absolute Gasteiger partial charge is 0.292 e. The number of nitrogens with zero attached hydrogens (tertiary/aromatic N) is 8. The second-order valence-corrected chi connectivity index (χ2v) is 9.37. The van der Waals surface area contributed by atoms with Crippen molar-refractivity contribution in [2.24, 2.45) is 5.73 Å². The number of carbonyl (C=O) groups excluding carboxylic acids is 3. The Balaban J connectivity index is 1.40. The zero-order valence-electron chi connectivity index (χ0n) is 19.8. The lowest BCUT2D eigenvalue weighted by molar-refractivity contribution is 0.0556. The van der Waals surface area contributed by atoms with Crippen LogP contribution in [-0.4, -0.2) is 74.3 Å². The molecule has 5 N–H and O–H groups in total. The molecule has 2 aliphatic heterocycles. The first-order valence-electron chi connectivity index (χ1n) is 11.8. The Morgan fingerprint density at radius 2 is 1.78 bits per heavy atom. The van der Waals surface area contributed by atoms with E-state index in [1.165, 1.54) is 30.2 Å². The molecule has 6 heterocycles. The zero-order chi connectivity index (χ0) is 25.8. The Bertz CT molecular complexity index is 1530. The van der Waals surface area contributed by atoms with Crippen LogP contribution in [0, 0.1) is 0 Å². The molecule has 2 saturated heterocycles. The van der Waals surface area contributed by atoms with E-state index in [1.54, 1.807) is 6.20 Å². The lowest BCUT2D eigenvalue weighted by atomic mass is 9.85. The third-order valence-electron chi connectivity index (χ3n) is 7.22. The van der Waals surface area contributed by atoms with Crippen molar-refractivity contribution in [2.45, 2.75) is 50.6 Å². The number of hydrogen-bond donors (Lipinski definition) is 3. The Kier molecular flexibility index (Phi) is 5.17. The quantitative estimate of drug-likeness (QED) is 0.327. The van der Waals surface area contributed by atoms with Gasteiger partial charge >= 0.3 is 0 Å². The summed E-state index contributed by atoms with van der Waals surface area (Å²) in [6, 6.07) is -0.0286. The van der Waals surface area contributed by atoms with Gasteiger partial charge in [-0.25, -0.2) is 15.0 Å². The van der Waals surface area contributed by atoms with E-state index in [4.69, 9.17) is 16.5 Å². The van der Waals surface area contributed by atoms with Gasteiger partial charge in [0.05, 0.1) is 17.5 Å². The van der Waals surface area contributed by atoms with E-state index in [0.29, 0.717) is 40.9 Å². The van der Waals surface area contributed by atoms with Gasteiger partial charge in [-0.1, -0.05) is 0 Å². The summed E-state index contributed by atoms with van der Waals surface area (Å²) < 4.78 is 1.43. The monoisotopic (exact) mass is 501 g/mol. The van der Waals surface area contributed by atoms with Crippen LogP contribution in [0.3, 0.4) is 0 Å². The predicted octanol–water partition coefficient (Wildman–Crippen LogP) is 0.739. The number of nitrogens with two attached hydrogens (primary N) is 2. The maximum absolute atomic E-state index is 13.1. The van der Waals surface area contributed by atoms with Crippen LogP contribution in [0.25, 0.3) is 16.8 Å². The van der Waals surface area contributed by atoms with Gasteiger partial charge in [0.15, 0.2) is 11.4 Å². The van der Waals surface area contributed by atoms with Gasteiger partial charge in [0.2, 0.25) is 11.6 Å². The molecule has 4 aromatic rings. The molecule has 3 atom stereocenters. The molecule has 2 fully saturated rings. The summed E-state index contributed by atoms with van der Waals surface area (Å²) in [4.78, 5) is 54.8. The molecule has 0 spiro atoms. The lowest BCUT2D eigenvalue weighted by Crippen LogP contribution is -2.46. The normalized spacial score (nSPS) is 20.9. The van der Waals surface area contributed by atoms with Gasteiger partial charge in [-0.05, 0) is 32.6 Å². The average molecular weight is 502 g/mol. The first kappa shape index (κ1) is 22.7. The van der Waals surface area contributed by atoms with E-state index in [2.05, 4.69) is 30.2 Å². The number of fused-ring (bicyclic) bond motifs is 3. The number of hydrogen-bond acceptors (Lipinski definition) is 10. The molecule has 6 rings (SSSR count). The highest BCUT2D eigenvalue weighted by atomic mass is 16.2. The number of aromatic nitrogens is 8. The largest absolute Gasteiger partial charge is 0.383 e. The number of H-pyrrole nitrogens is 1. The number of nitrogens with one attached hydrogen (secondary N) is 1. The summed E-state index contributed by atoms with van der Waals surface area (Å²) in [5, 5.41) is 12.0. The minimum absolute atomic E-state index is 0.0143. The highest BCUT2D eigenvalue weighted by molar-refractivity contribution is 6.00. The predicted molar refractivity (Wildman–Crippen MR) is 128 cm³/mol. The molecule has 37 heavy (non-hydrogen) atoms. The molecule has 0 saturated carbocycles. The van der Waals surface area contributed by atoms with Crippen LogP contribution < -0.4 is 11.5 Å². The number of anilines is 1. The number of Topliss-reactive ketones (excluding diaryl/α,β-unsaturated/α-hetero) is 1. The van der Waals surface area contributed by atoms with Crippen LogP contribution in [0.2, 0.25) is 0 Å². The fourth-order valence-corrected chi connectivity index (χ4v) is 5.65. The summed E-state index contributed by atoms with van der Waals surface area (Å²) in [5.74, 6) is -0.882. The molecule has 4 aromatic heterocycles. The van der Waals surface area contributed by atoms with E-state index < -0.39 is 5.91 Å². The van der Waals surface area contributed by atoms with Crippen LogP contribution in [0.15, 0.2) is 24.9 Å². The molecular formula is C23H23N11O3. The summed E-state index contributed by atoms with van der Waals surface area (Å²) in [6.45, 7) is 1.46. The molecular weight excluding hydrogens is 478 g/mol. The van der Waals surface area contributed by atoms with Gasteiger partial charge in [-0.2, -0.15) is 9.61 Å². The molecule has 2 amide bonds. The third kappa shape index (κ3) is 3.59. The minimum Gasteiger partial charge on any atom is -0.383 e. The zero-order valence-corrected chi connectivity index (χ0v) is 19.8. The van der Waals surface area contributed by atoms with E-state index in [-0.39, 0.29) is 47.2 Å². The van der Waals surface area contributed by atoms with Crippen molar-refractivity contribution in [3.05, 3.63) is 47.8 Å². The van der Waals surface area contributed by atoms with E-state index >= 15 is 0 Å². The first-order valence-corrected chi connectivity index (χ1v) is 11.8. The highest BCUT2D eigenvalue weighted by Gasteiger charge is 2.45. The van der Waals surface area contributed by atoms with Crippen LogP contribution in [0.4, 0.5) is 5.82 Å². The fourth-order valence-electron chi connectivity index (χ4n) is 5.65. The standard InChI is InChI=1S/C23H23N11O3/c1-10(35)16-17(11-4-13-2-3-14(5-11)33(13)23(37)21-28-9-29-32-21)31-22-15(8-30-34(22)18(16)24)12-6-26-20(19(25)36)27-7-12/h6-9,11,13-14H,2-5,24H2,1H3,(H2,25,36)(H,28,29,32)/t11-,13-,14+. The van der Waals surface area contributed by atoms with E-state index in [0.717, 1.165) is 12.8 Å². The third-order valence-corrected chi connectivity index (χ3v) is 7.22. The molecule has 0 unspecified atom stereocenters. The Morgan fingerprint density at radius 3 is 2.38 bits per heavy atom. The number of nitrogen functional groups attached to an aromatic ring is 1. The highest BCUT2D eigenvalue weighted by Crippen LogP contribution is 2.45. The molecule has 0 aliphatic carbocycles. The molecule has 188 valence electrons. The van der Waals surface area contributed by atoms with Crippen molar-refractivity contribution in [3.8, 4) is 11.1 Å². The SMILES string of the molecule is CC(=O)c1c([C@@H]2C[C@H]3CC[C@@H](C2)N3C(=O)c2nnc[nH]2)nc2c(-c3cnc(C(N)=O)nc3)cnn2c1N. The van der Waals surface area contributed by atoms with Gasteiger partial charge in [0.1, 0.15) is 12.1 Å². The van der Waals surface area contributed by atoms with Crippen molar-refractivity contribution in [3.63, 3.8) is 0 Å². The summed E-state index contributed by atoms with van der Waals surface area (Å²) in [6.07, 6.45) is 8.88. The van der Waals surface area contributed by atoms with Crippen molar-refractivity contribution < 1.29 is 14.4 Å². The molecule has 14 nitrogen and oxygen atoms in total. The van der Waals surface area contributed by atoms with Gasteiger partial charge in [0, 0.05) is 41.5 Å². The molecule has 0 aromatic carbocycles. The Hall–Kier alpha value is -4.75. The number of carbonyl (C=O) groups is 3. The summed E-state index contributed by atoms with van der Waals surface area (Å²) in [5.41, 5.74) is 14.3. The Morgan fingerprint density at radius 1 is 1.08 bits per heavy atom. The average Bonchev–Trinajstić information content (AvgIpc) is 3.62. The van der Waals surface area contributed by atoms with Crippen molar-refractivity contribution in [1.82, 2.24) is 44.6 Å². The number of primary amides is 1. The number of piperidine rings is 1. The van der Waals surface area contributed by atoms with E-state index in [9.17, 15) is 14.4 Å². The van der Waals surface area contributed by atoms with Gasteiger partial charge in [-0.3, -0.25) is 14.4 Å². The van der Waals surface area contributed by atoms with Gasteiger partial charge in [-0.15, -0.1) is 10.2 Å². The second-order valence-electron chi connectivity index (χ2n) is 9.37. The van der Waals surface area contributed by atoms with Crippen LogP contribution in [-0.2, 0) is 0 Å². The second kappa shape index (κ2) is 8.43. The van der Waals surface area contributed by atoms with Gasteiger partial charge in [0.25, 0.3) is 11.8 Å². The van der Waals surface area contributed by atoms with E-state index in [1.807, 2.05) is 4.90 Å². The van der Waals surface area contributed by atoms with Crippen LogP contribution >= 0.6 is 0 Å². The van der Waals surface area contributed by atoms with Crippen LogP contribution in [0.1, 0.15) is 75.8 Å². The van der Waals surface area contributed by atoms with Crippen molar-refractivity contribution in [2.75, 3.05) is 5.73 Å². The molecule has 2 bridgehead atoms. The summed E-state index contributed by atoms with van der Waals surface area (Å²) in [7, 11) is 0. The molecule has 14 heteroatoms. The maximum Gasteiger partial charge on any atom is 0.292 e. The van der Waals surface area contributed by atoms with Crippen molar-refractivity contribution >= 4 is 29.1 Å². The van der Waals surface area contributed by atoms with Crippen LogP contribution in [0.5, 0.6) is 0 Å². The first-order chi connectivity index (χ1) is 17.8. The minimum atomic E-state index is -0.732. The fraction of sp³-hybridized carbons (Fsp3) is 0.348. The van der Waals surface area contributed by atoms with Crippen molar-refractivity contribution in [1.29, 1.82) is 0 Å². The summed E-state index contributed by atoms with van der Waals surface area (Å²) >= 11 is 0.